The van der Waals surface area contributed by atoms with E-state index < -0.39 is 0 Å². The van der Waals surface area contributed by atoms with E-state index in [-0.39, 0.29) is 6.10 Å². The highest BCUT2D eigenvalue weighted by Gasteiger charge is 2.10. The Labute approximate surface area is 110 Å². The first-order valence-electron chi connectivity index (χ1n) is 5.09. The average Bonchev–Trinajstić information content (AvgIpc) is 2.26. The molecule has 0 heterocycles. The third kappa shape index (κ3) is 3.65. The van der Waals surface area contributed by atoms with E-state index in [1.54, 1.807) is 7.11 Å². The molecule has 1 rings (SSSR count). The number of ether oxygens (including phenoxy) is 2. The van der Waals surface area contributed by atoms with Crippen LogP contribution in [0.4, 0.5) is 0 Å². The van der Waals surface area contributed by atoms with Crippen LogP contribution < -0.4 is 4.74 Å². The zero-order valence-corrected chi connectivity index (χ0v) is 12.1. The second kappa shape index (κ2) is 6.48. The van der Waals surface area contributed by atoms with Crippen molar-refractivity contribution in [2.24, 2.45) is 0 Å². The summed E-state index contributed by atoms with van der Waals surface area (Å²) in [6, 6.07) is 4.00. The summed E-state index contributed by atoms with van der Waals surface area (Å²) in [5, 5.41) is 0. The van der Waals surface area contributed by atoms with Gasteiger partial charge in [-0.3, -0.25) is 0 Å². The molecule has 0 fully saturated rings. The first kappa shape index (κ1) is 13.8. The highest BCUT2D eigenvalue weighted by atomic mass is 79.9. The Hall–Kier alpha value is -0.250. The maximum Gasteiger partial charge on any atom is 0.126 e. The molecule has 1 aromatic carbocycles. The zero-order chi connectivity index (χ0) is 12.1. The Balaban J connectivity index is 2.85. The molecule has 4 heteroatoms. The van der Waals surface area contributed by atoms with Crippen LogP contribution in [0.1, 0.15) is 18.1 Å². The number of hydrogen-bond acceptors (Lipinski definition) is 2. The lowest BCUT2D eigenvalue weighted by Gasteiger charge is -2.16. The molecule has 1 aromatic rings. The van der Waals surface area contributed by atoms with Crippen molar-refractivity contribution in [2.75, 3.05) is 13.7 Å². The number of halogens is 2. The Morgan fingerprint density at radius 2 is 2.12 bits per heavy atom. The Morgan fingerprint density at radius 3 is 2.69 bits per heavy atom. The number of methoxy groups -OCH3 is 1. The smallest absolute Gasteiger partial charge is 0.126 e. The minimum Gasteiger partial charge on any atom is -0.490 e. The number of aryl methyl sites for hydroxylation is 1. The van der Waals surface area contributed by atoms with E-state index in [4.69, 9.17) is 21.1 Å². The molecular formula is C12H16BrClO2. The lowest BCUT2D eigenvalue weighted by atomic mass is 10.1. The van der Waals surface area contributed by atoms with Gasteiger partial charge in [-0.2, -0.15) is 0 Å². The summed E-state index contributed by atoms with van der Waals surface area (Å²) in [5.74, 6) is 1.30. The van der Waals surface area contributed by atoms with Gasteiger partial charge in [0.2, 0.25) is 0 Å². The van der Waals surface area contributed by atoms with E-state index in [0.29, 0.717) is 12.5 Å². The summed E-state index contributed by atoms with van der Waals surface area (Å²) < 4.78 is 11.9. The van der Waals surface area contributed by atoms with E-state index in [2.05, 4.69) is 15.9 Å². The number of benzene rings is 1. The van der Waals surface area contributed by atoms with Crippen LogP contribution in [0, 0.1) is 6.92 Å². The summed E-state index contributed by atoms with van der Waals surface area (Å²) in [6.07, 6.45) is 0.0752. The van der Waals surface area contributed by atoms with Gasteiger partial charge in [-0.25, -0.2) is 0 Å². The molecular weight excluding hydrogens is 291 g/mol. The van der Waals surface area contributed by atoms with Gasteiger partial charge < -0.3 is 9.47 Å². The first-order valence-corrected chi connectivity index (χ1v) is 6.41. The third-order valence-corrected chi connectivity index (χ3v) is 3.07. The predicted molar refractivity (Wildman–Crippen MR) is 70.4 cm³/mol. The van der Waals surface area contributed by atoms with E-state index in [1.807, 2.05) is 26.0 Å². The molecule has 0 spiro atoms. The van der Waals surface area contributed by atoms with Crippen molar-refractivity contribution in [2.45, 2.75) is 25.8 Å². The molecule has 0 bridgehead atoms. The van der Waals surface area contributed by atoms with Gasteiger partial charge in [-0.15, -0.1) is 11.6 Å². The summed E-state index contributed by atoms with van der Waals surface area (Å²) in [6.45, 7) is 4.50. The van der Waals surface area contributed by atoms with Crippen molar-refractivity contribution >= 4 is 27.5 Å². The monoisotopic (exact) mass is 306 g/mol. The molecule has 0 aliphatic heterocycles. The predicted octanol–water partition coefficient (Wildman–Crippen LogP) is 3.91. The van der Waals surface area contributed by atoms with Crippen LogP contribution in [0.5, 0.6) is 5.75 Å². The normalized spacial score (nSPS) is 12.6. The van der Waals surface area contributed by atoms with Crippen LogP contribution in [-0.2, 0) is 10.6 Å². The third-order valence-electron chi connectivity index (χ3n) is 2.33. The fourth-order valence-corrected chi connectivity index (χ4v) is 2.19. The van der Waals surface area contributed by atoms with Gasteiger partial charge in [0.25, 0.3) is 0 Å². The quantitative estimate of drug-likeness (QED) is 0.768. The fraction of sp³-hybridized carbons (Fsp3) is 0.500. The van der Waals surface area contributed by atoms with Crippen molar-refractivity contribution in [3.8, 4) is 5.75 Å². The highest BCUT2D eigenvalue weighted by Crippen LogP contribution is 2.29. The SMILES string of the molecule is COC(C)COc1c(C)cc(Br)cc1CCl. The van der Waals surface area contributed by atoms with E-state index in [0.717, 1.165) is 21.3 Å². The molecule has 1 unspecified atom stereocenters. The Morgan fingerprint density at radius 1 is 1.44 bits per heavy atom. The van der Waals surface area contributed by atoms with E-state index in [9.17, 15) is 0 Å². The molecule has 0 N–H and O–H groups in total. The van der Waals surface area contributed by atoms with Gasteiger partial charge in [0.05, 0.1) is 12.0 Å². The van der Waals surface area contributed by atoms with Gasteiger partial charge in [-0.05, 0) is 31.5 Å². The zero-order valence-electron chi connectivity index (χ0n) is 9.72. The van der Waals surface area contributed by atoms with Crippen LogP contribution in [-0.4, -0.2) is 19.8 Å². The lowest BCUT2D eigenvalue weighted by molar-refractivity contribution is 0.0711. The number of hydrogen-bond donors (Lipinski definition) is 0. The molecule has 0 radical (unpaired) electrons. The maximum atomic E-state index is 5.89. The topological polar surface area (TPSA) is 18.5 Å². The van der Waals surface area contributed by atoms with Gasteiger partial charge in [0.15, 0.2) is 0 Å². The molecule has 90 valence electrons. The van der Waals surface area contributed by atoms with Crippen molar-refractivity contribution in [3.05, 3.63) is 27.7 Å². The van der Waals surface area contributed by atoms with Crippen molar-refractivity contribution in [3.63, 3.8) is 0 Å². The summed E-state index contributed by atoms with van der Waals surface area (Å²) >= 11 is 9.34. The molecule has 0 amide bonds. The van der Waals surface area contributed by atoms with E-state index >= 15 is 0 Å². The fourth-order valence-electron chi connectivity index (χ4n) is 1.37. The lowest BCUT2D eigenvalue weighted by Crippen LogP contribution is -2.17. The molecule has 0 aliphatic carbocycles. The molecule has 2 nitrogen and oxygen atoms in total. The van der Waals surface area contributed by atoms with Gasteiger partial charge >= 0.3 is 0 Å². The Kier molecular flexibility index (Phi) is 5.59. The van der Waals surface area contributed by atoms with Crippen LogP contribution in [0.2, 0.25) is 0 Å². The minimum atomic E-state index is 0.0752. The molecule has 1 atom stereocenters. The molecule has 0 aromatic heterocycles. The molecule has 0 saturated heterocycles. The maximum absolute atomic E-state index is 5.89. The van der Waals surface area contributed by atoms with Crippen LogP contribution in [0.15, 0.2) is 16.6 Å². The van der Waals surface area contributed by atoms with Crippen LogP contribution >= 0.6 is 27.5 Å². The van der Waals surface area contributed by atoms with Gasteiger partial charge in [0.1, 0.15) is 12.4 Å². The number of rotatable bonds is 5. The molecule has 0 saturated carbocycles. The summed E-state index contributed by atoms with van der Waals surface area (Å²) in [4.78, 5) is 0. The van der Waals surface area contributed by atoms with Crippen molar-refractivity contribution < 1.29 is 9.47 Å². The number of alkyl halides is 1. The van der Waals surface area contributed by atoms with Gasteiger partial charge in [-0.1, -0.05) is 15.9 Å². The molecule has 0 aliphatic rings. The summed E-state index contributed by atoms with van der Waals surface area (Å²) in [5.41, 5.74) is 2.07. The van der Waals surface area contributed by atoms with Crippen molar-refractivity contribution in [1.82, 2.24) is 0 Å². The summed E-state index contributed by atoms with van der Waals surface area (Å²) in [7, 11) is 1.67. The second-order valence-electron chi connectivity index (χ2n) is 3.70. The highest BCUT2D eigenvalue weighted by molar-refractivity contribution is 9.10. The van der Waals surface area contributed by atoms with Crippen LogP contribution in [0.25, 0.3) is 0 Å². The minimum absolute atomic E-state index is 0.0752. The Bertz CT molecular complexity index is 355. The van der Waals surface area contributed by atoms with Gasteiger partial charge in [0, 0.05) is 17.1 Å². The average molecular weight is 308 g/mol. The van der Waals surface area contributed by atoms with Crippen LogP contribution in [0.3, 0.4) is 0 Å². The van der Waals surface area contributed by atoms with E-state index in [1.165, 1.54) is 0 Å². The second-order valence-corrected chi connectivity index (χ2v) is 4.88. The first-order chi connectivity index (χ1) is 7.58. The van der Waals surface area contributed by atoms with Crippen molar-refractivity contribution in [1.29, 1.82) is 0 Å². The molecule has 16 heavy (non-hydrogen) atoms. The standard InChI is InChI=1S/C12H16BrClO2/c1-8-4-11(13)5-10(6-14)12(8)16-7-9(2)15-3/h4-5,9H,6-7H2,1-3H3. The largest absolute Gasteiger partial charge is 0.490 e.